The molecule has 0 fully saturated rings. The minimum atomic E-state index is -0.704. The lowest BCUT2D eigenvalue weighted by atomic mass is 10.0. The third kappa shape index (κ3) is 3.47. The van der Waals surface area contributed by atoms with Crippen molar-refractivity contribution in [1.29, 1.82) is 0 Å². The van der Waals surface area contributed by atoms with Gasteiger partial charge in [-0.05, 0) is 32.4 Å². The number of esters is 1. The smallest absolute Gasteiger partial charge is 0.408 e. The molecular weight excluding hydrogens is 246 g/mol. The Morgan fingerprint density at radius 1 is 1.37 bits per heavy atom. The van der Waals surface area contributed by atoms with Crippen molar-refractivity contribution < 1.29 is 19.1 Å². The number of carbonyl (C=O) groups is 2. The summed E-state index contributed by atoms with van der Waals surface area (Å²) in [5, 5.41) is 2.53. The van der Waals surface area contributed by atoms with Gasteiger partial charge in [0.15, 0.2) is 0 Å². The molecule has 1 aromatic carbocycles. The lowest BCUT2D eigenvalue weighted by Crippen LogP contribution is -2.48. The number of hydrogen-bond donors (Lipinski definition) is 1. The molecule has 0 bridgehead atoms. The van der Waals surface area contributed by atoms with Gasteiger partial charge in [0, 0.05) is 6.42 Å². The maximum absolute atomic E-state index is 11.8. The van der Waals surface area contributed by atoms with Crippen LogP contribution in [-0.4, -0.2) is 23.7 Å². The Morgan fingerprint density at radius 3 is 2.74 bits per heavy atom. The number of rotatable bonds is 1. The van der Waals surface area contributed by atoms with Gasteiger partial charge in [-0.25, -0.2) is 9.59 Å². The van der Waals surface area contributed by atoms with E-state index in [1.807, 2.05) is 12.1 Å². The van der Waals surface area contributed by atoms with Crippen LogP contribution in [0.4, 0.5) is 4.79 Å². The molecule has 1 atom stereocenters. The van der Waals surface area contributed by atoms with E-state index in [0.717, 1.165) is 5.56 Å². The number of alkyl carbamates (subject to hydrolysis) is 1. The zero-order chi connectivity index (χ0) is 14.0. The molecule has 5 nitrogen and oxygen atoms in total. The van der Waals surface area contributed by atoms with Crippen LogP contribution < -0.4 is 10.1 Å². The molecule has 0 aromatic heterocycles. The fourth-order valence-corrected chi connectivity index (χ4v) is 1.81. The molecule has 102 valence electrons. The van der Waals surface area contributed by atoms with E-state index in [1.54, 1.807) is 32.9 Å². The number of carbonyl (C=O) groups excluding carboxylic acids is 2. The SMILES string of the molecule is CC(C)(C)OC(=O)NC1Cc2ccccc2OC1=O. The first-order chi connectivity index (χ1) is 8.85. The van der Waals surface area contributed by atoms with Crippen molar-refractivity contribution in [1.82, 2.24) is 5.32 Å². The van der Waals surface area contributed by atoms with E-state index in [2.05, 4.69) is 5.32 Å². The molecule has 1 aliphatic heterocycles. The summed E-state index contributed by atoms with van der Waals surface area (Å²) in [5.74, 6) is 0.0827. The topological polar surface area (TPSA) is 64.6 Å². The first kappa shape index (κ1) is 13.4. The average Bonchev–Trinajstić information content (AvgIpc) is 2.27. The Hall–Kier alpha value is -2.04. The molecule has 0 radical (unpaired) electrons. The predicted octanol–water partition coefficient (Wildman–Crippen LogP) is 2.04. The van der Waals surface area contributed by atoms with E-state index in [1.165, 1.54) is 0 Å². The Labute approximate surface area is 111 Å². The highest BCUT2D eigenvalue weighted by atomic mass is 16.6. The van der Waals surface area contributed by atoms with Crippen LogP contribution in [0.3, 0.4) is 0 Å². The van der Waals surface area contributed by atoms with Crippen molar-refractivity contribution in [3.8, 4) is 5.75 Å². The monoisotopic (exact) mass is 263 g/mol. The minimum absolute atomic E-state index is 0.411. The summed E-state index contributed by atoms with van der Waals surface area (Å²) in [5.41, 5.74) is 0.295. The summed E-state index contributed by atoms with van der Waals surface area (Å²) in [7, 11) is 0. The highest BCUT2D eigenvalue weighted by Crippen LogP contribution is 2.24. The summed E-state index contributed by atoms with van der Waals surface area (Å²) in [6, 6.07) is 6.56. The molecule has 2 rings (SSSR count). The molecular formula is C14H17NO4. The van der Waals surface area contributed by atoms with Crippen LogP contribution >= 0.6 is 0 Å². The number of nitrogens with one attached hydrogen (secondary N) is 1. The van der Waals surface area contributed by atoms with Crippen LogP contribution in [0.15, 0.2) is 24.3 Å². The van der Waals surface area contributed by atoms with Gasteiger partial charge in [0.2, 0.25) is 0 Å². The second kappa shape index (κ2) is 4.91. The number of ether oxygens (including phenoxy) is 2. The summed E-state index contributed by atoms with van der Waals surface area (Å²) >= 11 is 0. The van der Waals surface area contributed by atoms with Crippen molar-refractivity contribution in [2.45, 2.75) is 38.8 Å². The molecule has 19 heavy (non-hydrogen) atoms. The Balaban J connectivity index is 2.03. The van der Waals surface area contributed by atoms with E-state index in [0.29, 0.717) is 12.2 Å². The third-order valence-electron chi connectivity index (χ3n) is 2.58. The molecule has 0 saturated heterocycles. The third-order valence-corrected chi connectivity index (χ3v) is 2.58. The Bertz CT molecular complexity index is 504. The lowest BCUT2D eigenvalue weighted by molar-refractivity contribution is -0.137. The predicted molar refractivity (Wildman–Crippen MR) is 68.9 cm³/mol. The molecule has 1 amide bonds. The first-order valence-corrected chi connectivity index (χ1v) is 6.14. The first-order valence-electron chi connectivity index (χ1n) is 6.14. The maximum Gasteiger partial charge on any atom is 0.408 e. The highest BCUT2D eigenvalue weighted by molar-refractivity contribution is 5.85. The van der Waals surface area contributed by atoms with Crippen LogP contribution in [0.1, 0.15) is 26.3 Å². The Morgan fingerprint density at radius 2 is 2.05 bits per heavy atom. The van der Waals surface area contributed by atoms with Gasteiger partial charge in [-0.2, -0.15) is 0 Å². The van der Waals surface area contributed by atoms with Crippen LogP contribution in [0.5, 0.6) is 5.75 Å². The molecule has 1 unspecified atom stereocenters. The van der Waals surface area contributed by atoms with Gasteiger partial charge < -0.3 is 14.8 Å². The summed E-state index contributed by atoms with van der Waals surface area (Å²) in [6.45, 7) is 5.29. The van der Waals surface area contributed by atoms with E-state index in [4.69, 9.17) is 9.47 Å². The standard InChI is InChI=1S/C14H17NO4/c1-14(2,3)19-13(17)15-10-8-9-6-4-5-7-11(9)18-12(10)16/h4-7,10H,8H2,1-3H3,(H,15,17). The van der Waals surface area contributed by atoms with Crippen LogP contribution in [0.25, 0.3) is 0 Å². The fraction of sp³-hybridized carbons (Fsp3) is 0.429. The van der Waals surface area contributed by atoms with Crippen LogP contribution in [-0.2, 0) is 16.0 Å². The largest absolute Gasteiger partial charge is 0.444 e. The van der Waals surface area contributed by atoms with Crippen LogP contribution in [0, 0.1) is 0 Å². The zero-order valence-corrected chi connectivity index (χ0v) is 11.2. The van der Waals surface area contributed by atoms with Gasteiger partial charge in [-0.15, -0.1) is 0 Å². The van der Waals surface area contributed by atoms with Crippen molar-refractivity contribution >= 4 is 12.1 Å². The van der Waals surface area contributed by atoms with Crippen molar-refractivity contribution in [2.75, 3.05) is 0 Å². The van der Waals surface area contributed by atoms with Gasteiger partial charge in [-0.3, -0.25) is 0 Å². The molecule has 1 heterocycles. The number of benzene rings is 1. The number of hydrogen-bond acceptors (Lipinski definition) is 4. The van der Waals surface area contributed by atoms with Gasteiger partial charge in [0.1, 0.15) is 17.4 Å². The van der Waals surface area contributed by atoms with Gasteiger partial charge in [-0.1, -0.05) is 18.2 Å². The Kier molecular flexibility index (Phi) is 3.46. The van der Waals surface area contributed by atoms with Gasteiger partial charge >= 0.3 is 12.1 Å². The van der Waals surface area contributed by atoms with E-state index < -0.39 is 23.7 Å². The molecule has 1 aromatic rings. The lowest BCUT2D eigenvalue weighted by Gasteiger charge is -2.26. The van der Waals surface area contributed by atoms with Crippen LogP contribution in [0.2, 0.25) is 0 Å². The number of amides is 1. The molecule has 1 aliphatic rings. The quantitative estimate of drug-likeness (QED) is 0.622. The van der Waals surface area contributed by atoms with Gasteiger partial charge in [0.25, 0.3) is 0 Å². The van der Waals surface area contributed by atoms with E-state index in [9.17, 15) is 9.59 Å². The zero-order valence-electron chi connectivity index (χ0n) is 11.2. The number of fused-ring (bicyclic) bond motifs is 1. The normalized spacial score (nSPS) is 18.3. The summed E-state index contributed by atoms with van der Waals surface area (Å²) < 4.78 is 10.3. The second-order valence-corrected chi connectivity index (χ2v) is 5.43. The van der Waals surface area contributed by atoms with Crippen molar-refractivity contribution in [3.05, 3.63) is 29.8 Å². The average molecular weight is 263 g/mol. The van der Waals surface area contributed by atoms with Crippen molar-refractivity contribution in [3.63, 3.8) is 0 Å². The summed E-state index contributed by atoms with van der Waals surface area (Å²) in [6.07, 6.45) is -0.206. The number of para-hydroxylation sites is 1. The van der Waals surface area contributed by atoms with E-state index in [-0.39, 0.29) is 0 Å². The molecule has 5 heteroatoms. The molecule has 0 aliphatic carbocycles. The van der Waals surface area contributed by atoms with Crippen molar-refractivity contribution in [2.24, 2.45) is 0 Å². The maximum atomic E-state index is 11.8. The minimum Gasteiger partial charge on any atom is -0.444 e. The second-order valence-electron chi connectivity index (χ2n) is 5.43. The molecule has 0 saturated carbocycles. The van der Waals surface area contributed by atoms with Gasteiger partial charge in [0.05, 0.1) is 0 Å². The van der Waals surface area contributed by atoms with E-state index >= 15 is 0 Å². The summed E-state index contributed by atoms with van der Waals surface area (Å²) in [4.78, 5) is 23.4. The highest BCUT2D eigenvalue weighted by Gasteiger charge is 2.30. The molecule has 0 spiro atoms. The fourth-order valence-electron chi connectivity index (χ4n) is 1.81. The molecule has 1 N–H and O–H groups in total.